The molecule has 9 heteroatoms. The van der Waals surface area contributed by atoms with E-state index in [-0.39, 0.29) is 44.8 Å². The number of carboxylic acids is 2. The summed E-state index contributed by atoms with van der Waals surface area (Å²) in [5.41, 5.74) is 0.0497. The van der Waals surface area contributed by atoms with Crippen molar-refractivity contribution in [2.24, 2.45) is 0 Å². The van der Waals surface area contributed by atoms with E-state index in [1.54, 1.807) is 6.07 Å². The van der Waals surface area contributed by atoms with Gasteiger partial charge in [0.1, 0.15) is 6.61 Å². The van der Waals surface area contributed by atoms with Crippen molar-refractivity contribution < 1.29 is 29.3 Å². The van der Waals surface area contributed by atoms with E-state index in [4.69, 9.17) is 27.9 Å². The van der Waals surface area contributed by atoms with Crippen molar-refractivity contribution in [1.29, 1.82) is 0 Å². The molecule has 1 aliphatic rings. The summed E-state index contributed by atoms with van der Waals surface area (Å²) in [6, 6.07) is 4.56. The number of dihydropyridines is 1. The molecule has 0 radical (unpaired) electrons. The summed E-state index contributed by atoms with van der Waals surface area (Å²) in [6.07, 6.45) is 0. The number of aliphatic carboxylic acids is 2. The van der Waals surface area contributed by atoms with Gasteiger partial charge in [-0.1, -0.05) is 35.3 Å². The van der Waals surface area contributed by atoms with Crippen LogP contribution in [0, 0.1) is 0 Å². The van der Waals surface area contributed by atoms with E-state index >= 15 is 0 Å². The van der Waals surface area contributed by atoms with E-state index in [1.807, 2.05) is 0 Å². The molecule has 0 aliphatic carbocycles. The van der Waals surface area contributed by atoms with Crippen LogP contribution in [0.25, 0.3) is 0 Å². The third-order valence-electron chi connectivity index (χ3n) is 3.82. The summed E-state index contributed by atoms with van der Waals surface area (Å²) in [6.45, 7) is 2.32. The number of carboxylic acid groups (broad SMARTS) is 2. The zero-order valence-corrected chi connectivity index (χ0v) is 15.3. The van der Waals surface area contributed by atoms with Crippen molar-refractivity contribution in [2.45, 2.75) is 19.8 Å². The first-order valence-electron chi connectivity index (χ1n) is 7.39. The Balaban J connectivity index is 2.74. The molecule has 138 valence electrons. The van der Waals surface area contributed by atoms with Crippen LogP contribution < -0.4 is 5.32 Å². The minimum absolute atomic E-state index is 0.0539. The Kier molecular flexibility index (Phi) is 5.94. The molecule has 0 saturated heterocycles. The van der Waals surface area contributed by atoms with E-state index in [0.717, 1.165) is 0 Å². The lowest BCUT2D eigenvalue weighted by molar-refractivity contribution is -0.140. The highest BCUT2D eigenvalue weighted by Crippen LogP contribution is 2.42. The first kappa shape index (κ1) is 19.8. The second-order valence-electron chi connectivity index (χ2n) is 5.52. The molecular formula is C17H15Cl2NO6. The van der Waals surface area contributed by atoms with E-state index in [2.05, 4.69) is 5.32 Å². The lowest BCUT2D eigenvalue weighted by Crippen LogP contribution is -2.34. The second-order valence-corrected chi connectivity index (χ2v) is 6.31. The van der Waals surface area contributed by atoms with E-state index in [0.29, 0.717) is 0 Å². The molecule has 0 bridgehead atoms. The standard InChI is InChI=1S/C17H15Cl2NO6/c1-7-12(16(22)23)13(9-4-3-5-10(18)15(9)19)14(17(24)25)11(20-7)6-26-8(2)21/h3-5,13,20H,6H2,1-2H3,(H,22,23)(H,24,25). The molecule has 1 aliphatic heterocycles. The van der Waals surface area contributed by atoms with Gasteiger partial charge in [-0.3, -0.25) is 4.79 Å². The smallest absolute Gasteiger partial charge is 0.334 e. The Morgan fingerprint density at radius 1 is 1.15 bits per heavy atom. The Hall–Kier alpha value is -2.51. The molecule has 3 N–H and O–H groups in total. The molecular weight excluding hydrogens is 385 g/mol. The Morgan fingerprint density at radius 3 is 2.31 bits per heavy atom. The average molecular weight is 400 g/mol. The summed E-state index contributed by atoms with van der Waals surface area (Å²) in [4.78, 5) is 34.8. The summed E-state index contributed by atoms with van der Waals surface area (Å²) in [7, 11) is 0. The molecule has 0 amide bonds. The number of halogens is 2. The number of nitrogens with one attached hydrogen (secondary N) is 1. The number of carbonyl (C=O) groups is 3. The van der Waals surface area contributed by atoms with E-state index in [1.165, 1.54) is 26.0 Å². The summed E-state index contributed by atoms with van der Waals surface area (Å²) in [5, 5.41) is 22.3. The molecule has 2 rings (SSSR count). The van der Waals surface area contributed by atoms with Gasteiger partial charge >= 0.3 is 17.9 Å². The normalized spacial score (nSPS) is 17.0. The van der Waals surface area contributed by atoms with Crippen molar-refractivity contribution >= 4 is 41.1 Å². The van der Waals surface area contributed by atoms with E-state index < -0.39 is 23.8 Å². The first-order valence-corrected chi connectivity index (χ1v) is 8.15. The lowest BCUT2D eigenvalue weighted by atomic mass is 9.80. The number of rotatable bonds is 5. The SMILES string of the molecule is CC(=O)OCC1=C(C(=O)O)C(c2cccc(Cl)c2Cl)C(C(=O)O)=C(C)N1. The largest absolute Gasteiger partial charge is 0.478 e. The highest BCUT2D eigenvalue weighted by Gasteiger charge is 2.39. The Bertz CT molecular complexity index is 859. The fourth-order valence-corrected chi connectivity index (χ4v) is 3.19. The van der Waals surface area contributed by atoms with Crippen LogP contribution in [0.3, 0.4) is 0 Å². The molecule has 0 spiro atoms. The quantitative estimate of drug-likeness (QED) is 0.652. The number of benzene rings is 1. The molecule has 0 aromatic heterocycles. The number of hydrogen-bond donors (Lipinski definition) is 3. The molecule has 1 aromatic carbocycles. The first-order chi connectivity index (χ1) is 12.1. The Morgan fingerprint density at radius 2 is 1.77 bits per heavy atom. The zero-order valence-electron chi connectivity index (χ0n) is 13.8. The third kappa shape index (κ3) is 3.84. The number of carbonyl (C=O) groups excluding carboxylic acids is 1. The number of ether oxygens (including phenoxy) is 1. The fourth-order valence-electron chi connectivity index (χ4n) is 2.77. The van der Waals surface area contributed by atoms with Gasteiger partial charge in [0.05, 0.1) is 32.8 Å². The topological polar surface area (TPSA) is 113 Å². The molecule has 1 heterocycles. The highest BCUT2D eigenvalue weighted by molar-refractivity contribution is 6.42. The van der Waals surface area contributed by atoms with Crippen molar-refractivity contribution in [3.05, 3.63) is 56.3 Å². The van der Waals surface area contributed by atoms with Crippen LogP contribution >= 0.6 is 23.2 Å². The number of allylic oxidation sites excluding steroid dienone is 1. The molecule has 7 nitrogen and oxygen atoms in total. The van der Waals surface area contributed by atoms with Gasteiger partial charge in [-0.25, -0.2) is 9.59 Å². The maximum Gasteiger partial charge on any atom is 0.334 e. The van der Waals surface area contributed by atoms with Crippen molar-refractivity contribution in [3.8, 4) is 0 Å². The average Bonchev–Trinajstić information content (AvgIpc) is 2.53. The van der Waals surface area contributed by atoms with Crippen molar-refractivity contribution in [3.63, 3.8) is 0 Å². The third-order valence-corrected chi connectivity index (χ3v) is 4.65. The highest BCUT2D eigenvalue weighted by atomic mass is 35.5. The van der Waals surface area contributed by atoms with Gasteiger partial charge in [0, 0.05) is 12.6 Å². The number of hydrogen-bond acceptors (Lipinski definition) is 5. The predicted octanol–water partition coefficient (Wildman–Crippen LogP) is 2.94. The molecule has 26 heavy (non-hydrogen) atoms. The molecule has 0 fully saturated rings. The lowest BCUT2D eigenvalue weighted by Gasteiger charge is -2.30. The molecule has 1 unspecified atom stereocenters. The summed E-state index contributed by atoms with van der Waals surface area (Å²) in [5.74, 6) is -4.47. The van der Waals surface area contributed by atoms with Crippen molar-refractivity contribution in [1.82, 2.24) is 5.32 Å². The zero-order chi connectivity index (χ0) is 19.6. The van der Waals surface area contributed by atoms with Gasteiger partial charge in [-0.2, -0.15) is 0 Å². The van der Waals surface area contributed by atoms with Crippen LogP contribution in [-0.4, -0.2) is 34.7 Å². The maximum absolute atomic E-state index is 11.9. The monoisotopic (exact) mass is 399 g/mol. The second kappa shape index (κ2) is 7.80. The Labute approximate surface area is 158 Å². The van der Waals surface area contributed by atoms with Crippen molar-refractivity contribution in [2.75, 3.05) is 6.61 Å². The van der Waals surface area contributed by atoms with E-state index in [9.17, 15) is 24.6 Å². The summed E-state index contributed by atoms with van der Waals surface area (Å²) < 4.78 is 4.89. The van der Waals surface area contributed by atoms with Crippen LogP contribution in [0.4, 0.5) is 0 Å². The minimum Gasteiger partial charge on any atom is -0.478 e. The molecule has 0 saturated carbocycles. The number of esters is 1. The summed E-state index contributed by atoms with van der Waals surface area (Å²) >= 11 is 12.2. The molecule has 1 aromatic rings. The van der Waals surface area contributed by atoms with Gasteiger partial charge in [0.15, 0.2) is 0 Å². The minimum atomic E-state index is -1.37. The van der Waals surface area contributed by atoms with Crippen LogP contribution in [-0.2, 0) is 19.1 Å². The van der Waals surface area contributed by atoms with Gasteiger partial charge < -0.3 is 20.3 Å². The van der Waals surface area contributed by atoms with Crippen LogP contribution in [0.15, 0.2) is 40.7 Å². The van der Waals surface area contributed by atoms with Crippen LogP contribution in [0.2, 0.25) is 10.0 Å². The van der Waals surface area contributed by atoms with Gasteiger partial charge in [0.25, 0.3) is 0 Å². The van der Waals surface area contributed by atoms with Gasteiger partial charge in [-0.15, -0.1) is 0 Å². The maximum atomic E-state index is 11.9. The fraction of sp³-hybridized carbons (Fsp3) is 0.235. The molecule has 1 atom stereocenters. The van der Waals surface area contributed by atoms with Gasteiger partial charge in [-0.05, 0) is 18.6 Å². The van der Waals surface area contributed by atoms with Crippen LogP contribution in [0.1, 0.15) is 25.3 Å². The predicted molar refractivity (Wildman–Crippen MR) is 94.0 cm³/mol. The van der Waals surface area contributed by atoms with Crippen LogP contribution in [0.5, 0.6) is 0 Å². The van der Waals surface area contributed by atoms with Gasteiger partial charge in [0.2, 0.25) is 0 Å².